The molecule has 0 bridgehead atoms. The highest BCUT2D eigenvalue weighted by atomic mass is 19.3. The van der Waals surface area contributed by atoms with Crippen LogP contribution in [0.5, 0.6) is 0 Å². The van der Waals surface area contributed by atoms with Gasteiger partial charge in [0, 0.05) is 45.1 Å². The van der Waals surface area contributed by atoms with E-state index < -0.39 is 53.2 Å². The number of halogens is 6. The predicted molar refractivity (Wildman–Crippen MR) is 115 cm³/mol. The molecule has 36 heavy (non-hydrogen) atoms. The normalized spacial score (nSPS) is 18.9. The van der Waals surface area contributed by atoms with E-state index in [1.165, 1.54) is 14.4 Å². The fourth-order valence-corrected chi connectivity index (χ4v) is 4.57. The third-order valence-electron chi connectivity index (χ3n) is 6.38. The number of hydrogen-bond donors (Lipinski definition) is 1. The minimum atomic E-state index is -3.36. The van der Waals surface area contributed by atoms with E-state index in [-0.39, 0.29) is 68.9 Å². The molecule has 7 nitrogen and oxygen atoms in total. The largest absolute Gasteiger partial charge is 0.335 e. The van der Waals surface area contributed by atoms with Crippen LogP contribution in [0.2, 0.25) is 0 Å². The van der Waals surface area contributed by atoms with Gasteiger partial charge >= 0.3 is 5.92 Å². The predicted octanol–water partition coefficient (Wildman–Crippen LogP) is 2.90. The number of aromatic nitrogens is 2. The summed E-state index contributed by atoms with van der Waals surface area (Å²) in [6.07, 6.45) is -1.60. The summed E-state index contributed by atoms with van der Waals surface area (Å²) in [5.74, 6) is -8.73. The lowest BCUT2D eigenvalue weighted by atomic mass is 10.0. The maximum absolute atomic E-state index is 14.2. The first-order chi connectivity index (χ1) is 16.8. The first-order valence-corrected chi connectivity index (χ1v) is 11.4. The lowest BCUT2D eigenvalue weighted by molar-refractivity contribution is -0.133. The van der Waals surface area contributed by atoms with Crippen molar-refractivity contribution >= 4 is 11.8 Å². The molecular weight excluding hydrogens is 492 g/mol. The van der Waals surface area contributed by atoms with Crippen LogP contribution in [0, 0.1) is 17.5 Å². The number of likely N-dealkylation sites (tertiary alicyclic amines) is 1. The second-order valence-corrected chi connectivity index (χ2v) is 9.25. The van der Waals surface area contributed by atoms with Crippen LogP contribution in [0.1, 0.15) is 47.3 Å². The Morgan fingerprint density at radius 3 is 2.44 bits per heavy atom. The van der Waals surface area contributed by atoms with Crippen molar-refractivity contribution in [3.8, 4) is 0 Å². The Morgan fingerprint density at radius 1 is 1.11 bits per heavy atom. The first-order valence-electron chi connectivity index (χ1n) is 11.4. The second kappa shape index (κ2) is 9.75. The van der Waals surface area contributed by atoms with Crippen LogP contribution < -0.4 is 5.73 Å². The molecule has 0 radical (unpaired) electrons. The average molecular weight is 517 g/mol. The van der Waals surface area contributed by atoms with Crippen molar-refractivity contribution in [1.29, 1.82) is 0 Å². The Balaban J connectivity index is 1.51. The summed E-state index contributed by atoms with van der Waals surface area (Å²) >= 11 is 0. The number of rotatable bonds is 6. The van der Waals surface area contributed by atoms with E-state index in [0.717, 1.165) is 0 Å². The first kappa shape index (κ1) is 26.0. The van der Waals surface area contributed by atoms with E-state index in [0.29, 0.717) is 19.1 Å². The summed E-state index contributed by atoms with van der Waals surface area (Å²) < 4.78 is 83.8. The molecule has 0 unspecified atom stereocenters. The molecule has 0 spiro atoms. The SMILES string of the molecule is CC(F)(F)c1nc(C(=O)N2CC[C@H](F)C2)c2n1CCN(C(=O)C[C@H](N)Cc1cc(F)c(F)cc1F)C2. The van der Waals surface area contributed by atoms with Crippen molar-refractivity contribution in [2.45, 2.75) is 57.4 Å². The molecule has 2 aliphatic heterocycles. The highest BCUT2D eigenvalue weighted by molar-refractivity contribution is 5.94. The maximum atomic E-state index is 14.2. The van der Waals surface area contributed by atoms with E-state index in [4.69, 9.17) is 5.73 Å². The molecule has 2 aliphatic rings. The number of hydrogen-bond acceptors (Lipinski definition) is 4. The van der Waals surface area contributed by atoms with Crippen molar-refractivity contribution in [2.24, 2.45) is 5.73 Å². The number of alkyl halides is 3. The summed E-state index contributed by atoms with van der Waals surface area (Å²) in [6, 6.07) is 0.140. The number of nitrogens with zero attached hydrogens (tertiary/aromatic N) is 4. The highest BCUT2D eigenvalue weighted by Crippen LogP contribution is 2.32. The maximum Gasteiger partial charge on any atom is 0.302 e. The van der Waals surface area contributed by atoms with Gasteiger partial charge in [-0.3, -0.25) is 9.59 Å². The number of benzene rings is 1. The van der Waals surface area contributed by atoms with Gasteiger partial charge in [0.15, 0.2) is 23.2 Å². The zero-order chi connectivity index (χ0) is 26.4. The summed E-state index contributed by atoms with van der Waals surface area (Å²) in [5.41, 5.74) is 5.62. The lowest BCUT2D eigenvalue weighted by Crippen LogP contribution is -2.42. The minimum Gasteiger partial charge on any atom is -0.335 e. The Labute approximate surface area is 202 Å². The van der Waals surface area contributed by atoms with E-state index in [1.807, 2.05) is 0 Å². The third-order valence-corrected chi connectivity index (χ3v) is 6.38. The average Bonchev–Trinajstić information content (AvgIpc) is 3.40. The van der Waals surface area contributed by atoms with Crippen LogP contribution in [0.4, 0.5) is 26.3 Å². The topological polar surface area (TPSA) is 84.5 Å². The van der Waals surface area contributed by atoms with Crippen LogP contribution in [-0.2, 0) is 30.2 Å². The smallest absolute Gasteiger partial charge is 0.302 e. The Hall–Kier alpha value is -3.09. The number of amides is 2. The number of carbonyl (C=O) groups excluding carboxylic acids is 2. The second-order valence-electron chi connectivity index (χ2n) is 9.25. The van der Waals surface area contributed by atoms with Gasteiger partial charge in [-0.2, -0.15) is 8.78 Å². The van der Waals surface area contributed by atoms with Crippen LogP contribution in [0.3, 0.4) is 0 Å². The van der Waals surface area contributed by atoms with Crippen molar-refractivity contribution < 1.29 is 35.9 Å². The quantitative estimate of drug-likeness (QED) is 0.472. The Morgan fingerprint density at radius 2 is 1.81 bits per heavy atom. The van der Waals surface area contributed by atoms with Gasteiger partial charge in [0.25, 0.3) is 5.91 Å². The van der Waals surface area contributed by atoms with Gasteiger partial charge in [-0.25, -0.2) is 22.5 Å². The number of carbonyl (C=O) groups is 2. The molecule has 2 N–H and O–H groups in total. The van der Waals surface area contributed by atoms with Gasteiger partial charge in [-0.1, -0.05) is 0 Å². The molecule has 1 aromatic heterocycles. The summed E-state index contributed by atoms with van der Waals surface area (Å²) in [5, 5.41) is 0. The molecule has 2 atom stereocenters. The van der Waals surface area contributed by atoms with Gasteiger partial charge in [0.05, 0.1) is 18.8 Å². The number of nitrogens with two attached hydrogens (primary N) is 1. The van der Waals surface area contributed by atoms with E-state index in [9.17, 15) is 35.9 Å². The molecule has 2 aromatic rings. The van der Waals surface area contributed by atoms with Gasteiger partial charge in [0.2, 0.25) is 5.91 Å². The van der Waals surface area contributed by atoms with Gasteiger partial charge in [0.1, 0.15) is 12.0 Å². The fraction of sp³-hybridized carbons (Fsp3) is 0.522. The number of imidazole rings is 1. The third kappa shape index (κ3) is 5.20. The molecule has 2 amide bonds. The summed E-state index contributed by atoms with van der Waals surface area (Å²) in [7, 11) is 0. The van der Waals surface area contributed by atoms with Gasteiger partial charge in [-0.05, 0) is 24.5 Å². The zero-order valence-electron chi connectivity index (χ0n) is 19.4. The van der Waals surface area contributed by atoms with Crippen molar-refractivity contribution in [1.82, 2.24) is 19.4 Å². The van der Waals surface area contributed by atoms with Crippen molar-refractivity contribution in [3.63, 3.8) is 0 Å². The van der Waals surface area contributed by atoms with Crippen LogP contribution in [0.25, 0.3) is 0 Å². The van der Waals surface area contributed by atoms with Gasteiger partial charge in [-0.15, -0.1) is 0 Å². The lowest BCUT2D eigenvalue weighted by Gasteiger charge is -2.31. The molecule has 3 heterocycles. The van der Waals surface area contributed by atoms with Gasteiger partial charge < -0.3 is 20.1 Å². The fourth-order valence-electron chi connectivity index (χ4n) is 4.57. The summed E-state index contributed by atoms with van der Waals surface area (Å²) in [4.78, 5) is 32.3. The van der Waals surface area contributed by atoms with E-state index >= 15 is 0 Å². The molecule has 1 fully saturated rings. The highest BCUT2D eigenvalue weighted by Gasteiger charge is 2.39. The molecular formula is C23H25F6N5O2. The van der Waals surface area contributed by atoms with Crippen molar-refractivity contribution in [2.75, 3.05) is 19.6 Å². The zero-order valence-corrected chi connectivity index (χ0v) is 19.4. The van der Waals surface area contributed by atoms with Crippen LogP contribution in [0.15, 0.2) is 12.1 Å². The standard InChI is InChI=1S/C23H25F6N5O2/c1-23(28,29)22-31-20(21(36)33-3-2-13(24)10-33)18-11-32(4-5-34(18)22)19(35)8-14(30)6-12-7-16(26)17(27)9-15(12)25/h7,9,13-14H,2-6,8,10-11,30H2,1H3/t13-,14+/m0/s1. The molecule has 13 heteroatoms. The van der Waals surface area contributed by atoms with Crippen molar-refractivity contribution in [3.05, 3.63) is 52.4 Å². The monoisotopic (exact) mass is 517 g/mol. The molecule has 0 saturated carbocycles. The molecule has 0 aliphatic carbocycles. The Kier molecular flexibility index (Phi) is 7.04. The molecule has 4 rings (SSSR count). The molecule has 1 saturated heterocycles. The van der Waals surface area contributed by atoms with Crippen LogP contribution in [-0.4, -0.2) is 63.0 Å². The Bertz CT molecular complexity index is 1180. The molecule has 1 aromatic carbocycles. The molecule has 196 valence electrons. The van der Waals surface area contributed by atoms with E-state index in [1.54, 1.807) is 0 Å². The minimum absolute atomic E-state index is 0.0292. The summed E-state index contributed by atoms with van der Waals surface area (Å²) in [6.45, 7) is 0.379. The number of fused-ring (bicyclic) bond motifs is 1. The van der Waals surface area contributed by atoms with Crippen LogP contribution >= 0.6 is 0 Å². The van der Waals surface area contributed by atoms with E-state index in [2.05, 4.69) is 4.98 Å².